The number of nitrogens with one attached hydrogen (secondary N) is 1. The highest BCUT2D eigenvalue weighted by molar-refractivity contribution is 7.92. The van der Waals surface area contributed by atoms with Crippen LogP contribution in [0.1, 0.15) is 17.4 Å². The van der Waals surface area contributed by atoms with E-state index >= 15 is 0 Å². The number of sulfonamides is 1. The lowest BCUT2D eigenvalue weighted by Crippen LogP contribution is -2.30. The van der Waals surface area contributed by atoms with E-state index in [4.69, 9.17) is 4.74 Å². The summed E-state index contributed by atoms with van der Waals surface area (Å²) in [5.41, 5.74) is 1.70. The standard InChI is InChI=1S/C25H23N3O4S/c1-3-28(19-10-5-4-6-11-19)33(30,31)20-14-16-24(32-2)23(17-20)27-25(29)22-15-13-18-9-7-8-12-21(18)26-22/h4-17H,3H2,1-2H3,(H,27,29). The molecule has 168 valence electrons. The second kappa shape index (κ2) is 9.30. The fraction of sp³-hybridized carbons (Fsp3) is 0.120. The van der Waals surface area contributed by atoms with E-state index in [2.05, 4.69) is 10.3 Å². The Hall–Kier alpha value is -3.91. The molecule has 0 saturated heterocycles. The third-order valence-corrected chi connectivity index (χ3v) is 7.07. The molecular weight excluding hydrogens is 438 g/mol. The van der Waals surface area contributed by atoms with Crippen LogP contribution in [0.3, 0.4) is 0 Å². The fourth-order valence-electron chi connectivity index (χ4n) is 3.54. The number of ether oxygens (including phenoxy) is 1. The topological polar surface area (TPSA) is 88.6 Å². The van der Waals surface area contributed by atoms with Gasteiger partial charge in [0.15, 0.2) is 0 Å². The molecule has 7 nitrogen and oxygen atoms in total. The van der Waals surface area contributed by atoms with E-state index in [9.17, 15) is 13.2 Å². The number of aromatic nitrogens is 1. The number of benzene rings is 3. The van der Waals surface area contributed by atoms with Gasteiger partial charge in [0.25, 0.3) is 15.9 Å². The Morgan fingerprint density at radius 3 is 2.42 bits per heavy atom. The highest BCUT2D eigenvalue weighted by atomic mass is 32.2. The van der Waals surface area contributed by atoms with Gasteiger partial charge in [-0.1, -0.05) is 42.5 Å². The number of pyridine rings is 1. The minimum Gasteiger partial charge on any atom is -0.495 e. The Morgan fingerprint density at radius 1 is 0.970 bits per heavy atom. The predicted molar refractivity (Wildman–Crippen MR) is 129 cm³/mol. The van der Waals surface area contributed by atoms with Crippen LogP contribution in [-0.2, 0) is 10.0 Å². The van der Waals surface area contributed by atoms with Crippen molar-refractivity contribution in [1.29, 1.82) is 0 Å². The number of nitrogens with zero attached hydrogens (tertiary/aromatic N) is 2. The van der Waals surface area contributed by atoms with Crippen molar-refractivity contribution >= 4 is 38.2 Å². The largest absolute Gasteiger partial charge is 0.495 e. The molecule has 1 aromatic heterocycles. The van der Waals surface area contributed by atoms with Gasteiger partial charge in [0.2, 0.25) is 0 Å². The molecule has 0 saturated carbocycles. The SMILES string of the molecule is CCN(c1ccccc1)S(=O)(=O)c1ccc(OC)c(NC(=O)c2ccc3ccccc3n2)c1. The zero-order chi connectivity index (χ0) is 23.4. The van der Waals surface area contributed by atoms with Gasteiger partial charge in [0.1, 0.15) is 11.4 Å². The van der Waals surface area contributed by atoms with Crippen LogP contribution in [0.4, 0.5) is 11.4 Å². The summed E-state index contributed by atoms with van der Waals surface area (Å²) in [4.78, 5) is 17.3. The molecule has 1 N–H and O–H groups in total. The molecule has 3 aromatic carbocycles. The molecule has 4 rings (SSSR count). The highest BCUT2D eigenvalue weighted by Crippen LogP contribution is 2.31. The summed E-state index contributed by atoms with van der Waals surface area (Å²) in [6.45, 7) is 2.02. The van der Waals surface area contributed by atoms with Gasteiger partial charge in [-0.3, -0.25) is 9.10 Å². The molecule has 0 bridgehead atoms. The zero-order valence-corrected chi connectivity index (χ0v) is 19.0. The van der Waals surface area contributed by atoms with Crippen LogP contribution in [0, 0.1) is 0 Å². The lowest BCUT2D eigenvalue weighted by Gasteiger charge is -2.23. The average Bonchev–Trinajstić information content (AvgIpc) is 2.84. The summed E-state index contributed by atoms with van der Waals surface area (Å²) in [6, 6.07) is 24.2. The number of methoxy groups -OCH3 is 1. The predicted octanol–water partition coefficient (Wildman–Crippen LogP) is 4.71. The van der Waals surface area contributed by atoms with Crippen molar-refractivity contribution in [1.82, 2.24) is 4.98 Å². The van der Waals surface area contributed by atoms with Gasteiger partial charge in [0, 0.05) is 11.9 Å². The summed E-state index contributed by atoms with van der Waals surface area (Å²) < 4.78 is 33.4. The van der Waals surface area contributed by atoms with Gasteiger partial charge in [-0.25, -0.2) is 13.4 Å². The number of carbonyl (C=O) groups is 1. The molecule has 0 aliphatic rings. The van der Waals surface area contributed by atoms with Gasteiger partial charge >= 0.3 is 0 Å². The molecule has 1 amide bonds. The molecule has 1 heterocycles. The number of rotatable bonds is 7. The Bertz CT molecular complexity index is 1410. The van der Waals surface area contributed by atoms with Crippen LogP contribution in [0.5, 0.6) is 5.75 Å². The third kappa shape index (κ3) is 4.51. The van der Waals surface area contributed by atoms with E-state index in [1.807, 2.05) is 36.4 Å². The number of fused-ring (bicyclic) bond motifs is 1. The monoisotopic (exact) mass is 461 g/mol. The molecule has 0 unspecified atom stereocenters. The van der Waals surface area contributed by atoms with Crippen LogP contribution in [0.2, 0.25) is 0 Å². The third-order valence-electron chi connectivity index (χ3n) is 5.17. The van der Waals surface area contributed by atoms with Crippen LogP contribution < -0.4 is 14.4 Å². The maximum atomic E-state index is 13.4. The Morgan fingerprint density at radius 2 is 1.70 bits per heavy atom. The van der Waals surface area contributed by atoms with E-state index in [-0.39, 0.29) is 22.8 Å². The lowest BCUT2D eigenvalue weighted by atomic mass is 10.2. The normalized spacial score (nSPS) is 11.2. The van der Waals surface area contributed by atoms with Gasteiger partial charge in [0.05, 0.1) is 28.9 Å². The molecule has 4 aromatic rings. The summed E-state index contributed by atoms with van der Waals surface area (Å²) in [6.07, 6.45) is 0. The number of amides is 1. The Kier molecular flexibility index (Phi) is 6.28. The molecule has 0 spiro atoms. The molecule has 0 radical (unpaired) electrons. The molecule has 33 heavy (non-hydrogen) atoms. The van der Waals surface area contributed by atoms with Gasteiger partial charge in [-0.15, -0.1) is 0 Å². The summed E-state index contributed by atoms with van der Waals surface area (Å²) >= 11 is 0. The number of hydrogen-bond donors (Lipinski definition) is 1. The van der Waals surface area contributed by atoms with Gasteiger partial charge in [-0.05, 0) is 49.4 Å². The first-order chi connectivity index (χ1) is 15.9. The fourth-order valence-corrected chi connectivity index (χ4v) is 5.04. The Balaban J connectivity index is 1.68. The average molecular weight is 462 g/mol. The molecule has 0 aliphatic carbocycles. The van der Waals surface area contributed by atoms with Crippen molar-refractivity contribution in [2.45, 2.75) is 11.8 Å². The van der Waals surface area contributed by atoms with Gasteiger partial charge < -0.3 is 10.1 Å². The molecule has 0 fully saturated rings. The maximum Gasteiger partial charge on any atom is 0.274 e. The zero-order valence-electron chi connectivity index (χ0n) is 18.2. The van der Waals surface area contributed by atoms with Crippen LogP contribution in [-0.4, -0.2) is 33.0 Å². The van der Waals surface area contributed by atoms with Gasteiger partial charge in [-0.2, -0.15) is 0 Å². The first-order valence-corrected chi connectivity index (χ1v) is 11.8. The number of carbonyl (C=O) groups excluding carboxylic acids is 1. The van der Waals surface area contributed by atoms with Crippen molar-refractivity contribution in [3.05, 3.63) is 90.6 Å². The molecule has 8 heteroatoms. The lowest BCUT2D eigenvalue weighted by molar-refractivity contribution is 0.102. The quantitative estimate of drug-likeness (QED) is 0.431. The van der Waals surface area contributed by atoms with Crippen molar-refractivity contribution in [2.75, 3.05) is 23.3 Å². The van der Waals surface area contributed by atoms with E-state index < -0.39 is 15.9 Å². The second-order valence-corrected chi connectivity index (χ2v) is 9.07. The van der Waals surface area contributed by atoms with E-state index in [1.165, 1.54) is 29.6 Å². The van der Waals surface area contributed by atoms with Crippen molar-refractivity contribution in [2.24, 2.45) is 0 Å². The van der Waals surface area contributed by atoms with E-state index in [0.29, 0.717) is 17.0 Å². The highest BCUT2D eigenvalue weighted by Gasteiger charge is 2.25. The van der Waals surface area contributed by atoms with Crippen molar-refractivity contribution in [3.8, 4) is 5.75 Å². The van der Waals surface area contributed by atoms with Crippen LogP contribution >= 0.6 is 0 Å². The van der Waals surface area contributed by atoms with Crippen molar-refractivity contribution < 1.29 is 17.9 Å². The first-order valence-electron chi connectivity index (χ1n) is 10.4. The summed E-state index contributed by atoms with van der Waals surface area (Å²) in [7, 11) is -2.42. The van der Waals surface area contributed by atoms with Crippen LogP contribution in [0.25, 0.3) is 10.9 Å². The first kappa shape index (κ1) is 22.3. The number of para-hydroxylation sites is 2. The summed E-state index contributed by atoms with van der Waals surface area (Å²) in [5, 5.41) is 3.66. The summed E-state index contributed by atoms with van der Waals surface area (Å²) in [5.74, 6) is -0.130. The van der Waals surface area contributed by atoms with E-state index in [0.717, 1.165) is 5.39 Å². The molecule has 0 atom stereocenters. The molecule has 0 aliphatic heterocycles. The minimum atomic E-state index is -3.87. The number of anilines is 2. The second-order valence-electron chi connectivity index (χ2n) is 7.21. The number of hydrogen-bond acceptors (Lipinski definition) is 5. The minimum absolute atomic E-state index is 0.0378. The maximum absolute atomic E-state index is 13.4. The molecular formula is C25H23N3O4S. The van der Waals surface area contributed by atoms with E-state index in [1.54, 1.807) is 37.3 Å². The Labute approximate surface area is 192 Å². The van der Waals surface area contributed by atoms with Crippen molar-refractivity contribution in [3.63, 3.8) is 0 Å². The smallest absolute Gasteiger partial charge is 0.274 e. The van der Waals surface area contributed by atoms with Crippen LogP contribution in [0.15, 0.2) is 89.8 Å².